The van der Waals surface area contributed by atoms with Crippen molar-refractivity contribution in [1.82, 2.24) is 0 Å². The highest BCUT2D eigenvalue weighted by atomic mass is 28.4. The highest BCUT2D eigenvalue weighted by Gasteiger charge is 2.52. The van der Waals surface area contributed by atoms with E-state index < -0.39 is 8.32 Å². The first-order valence-electron chi connectivity index (χ1n) is 8.95. The summed E-state index contributed by atoms with van der Waals surface area (Å²) in [5.41, 5.74) is 0.787. The first kappa shape index (κ1) is 19.2. The molecule has 0 saturated carbocycles. The number of rotatable bonds is 4. The van der Waals surface area contributed by atoms with Crippen molar-refractivity contribution in [2.24, 2.45) is 5.92 Å². The van der Waals surface area contributed by atoms with E-state index in [2.05, 4.69) is 67.6 Å². The molecular formula is C18H35BO3Si. The average molecular weight is 338 g/mol. The lowest BCUT2D eigenvalue weighted by Gasteiger charge is -2.36. The van der Waals surface area contributed by atoms with Crippen molar-refractivity contribution in [1.29, 1.82) is 0 Å². The summed E-state index contributed by atoms with van der Waals surface area (Å²) in [4.78, 5) is 0. The van der Waals surface area contributed by atoms with Gasteiger partial charge in [0.25, 0.3) is 0 Å². The Hall–Kier alpha value is -0.0982. The van der Waals surface area contributed by atoms with E-state index in [-0.39, 0.29) is 23.4 Å². The minimum Gasteiger partial charge on any atom is -0.416 e. The fraction of sp³-hybridized carbons (Fsp3) is 0.889. The van der Waals surface area contributed by atoms with Crippen molar-refractivity contribution < 1.29 is 13.7 Å². The van der Waals surface area contributed by atoms with Crippen LogP contribution in [0.4, 0.5) is 0 Å². The molecular weight excluding hydrogens is 303 g/mol. The quantitative estimate of drug-likeness (QED) is 0.677. The van der Waals surface area contributed by atoms with E-state index in [4.69, 9.17) is 13.7 Å². The second-order valence-electron chi connectivity index (χ2n) is 9.70. The molecule has 0 N–H and O–H groups in total. The molecule has 3 nitrogen and oxygen atoms in total. The van der Waals surface area contributed by atoms with Crippen LogP contribution in [0.1, 0.15) is 61.3 Å². The van der Waals surface area contributed by atoms with Crippen molar-refractivity contribution in [2.75, 3.05) is 6.61 Å². The van der Waals surface area contributed by atoms with E-state index in [1.165, 1.54) is 5.47 Å². The predicted molar refractivity (Wildman–Crippen MR) is 100 cm³/mol. The molecule has 1 saturated heterocycles. The summed E-state index contributed by atoms with van der Waals surface area (Å²) in [6, 6.07) is 0. The summed E-state index contributed by atoms with van der Waals surface area (Å²) < 4.78 is 18.7. The van der Waals surface area contributed by atoms with Crippen LogP contribution in [0.15, 0.2) is 11.5 Å². The van der Waals surface area contributed by atoms with Crippen LogP contribution >= 0.6 is 0 Å². The molecule has 1 heterocycles. The molecule has 0 spiro atoms. The van der Waals surface area contributed by atoms with E-state index >= 15 is 0 Å². The molecule has 1 aliphatic carbocycles. The standard InChI is InChI=1S/C18H35BO3Si/c1-16(2,3)23(8,9)20-13-14-10-11-15(12-14)19-21-17(4,5)18(6,7)22-19/h12,14H,10-11,13H2,1-9H3. The van der Waals surface area contributed by atoms with Crippen molar-refractivity contribution in [3.05, 3.63) is 11.5 Å². The fourth-order valence-corrected chi connectivity index (χ4v) is 3.74. The summed E-state index contributed by atoms with van der Waals surface area (Å²) in [6.45, 7) is 20.8. The van der Waals surface area contributed by atoms with Gasteiger partial charge < -0.3 is 13.7 Å². The third-order valence-corrected chi connectivity index (χ3v) is 10.8. The Morgan fingerprint density at radius 3 is 2.17 bits per heavy atom. The van der Waals surface area contributed by atoms with Gasteiger partial charge >= 0.3 is 7.12 Å². The Morgan fingerprint density at radius 2 is 1.70 bits per heavy atom. The molecule has 1 fully saturated rings. The zero-order chi connectivity index (χ0) is 17.7. The minimum atomic E-state index is -1.66. The van der Waals surface area contributed by atoms with E-state index in [0.29, 0.717) is 5.92 Å². The van der Waals surface area contributed by atoms with Gasteiger partial charge in [-0.05, 0) is 70.1 Å². The summed E-state index contributed by atoms with van der Waals surface area (Å²) in [5, 5.41) is 0.268. The van der Waals surface area contributed by atoms with Crippen molar-refractivity contribution in [2.45, 2.75) is 90.6 Å². The molecule has 0 radical (unpaired) electrons. The number of hydrogen-bond donors (Lipinski definition) is 0. The van der Waals surface area contributed by atoms with Gasteiger partial charge in [0, 0.05) is 6.61 Å². The smallest absolute Gasteiger partial charge is 0.416 e. The lowest BCUT2D eigenvalue weighted by molar-refractivity contribution is 0.00578. The van der Waals surface area contributed by atoms with Crippen molar-refractivity contribution in [3.63, 3.8) is 0 Å². The van der Waals surface area contributed by atoms with E-state index in [9.17, 15) is 0 Å². The van der Waals surface area contributed by atoms with Crippen LogP contribution in [0.5, 0.6) is 0 Å². The molecule has 0 bridgehead atoms. The Morgan fingerprint density at radius 1 is 1.17 bits per heavy atom. The first-order valence-corrected chi connectivity index (χ1v) is 11.9. The van der Waals surface area contributed by atoms with Gasteiger partial charge in [0.05, 0.1) is 11.2 Å². The van der Waals surface area contributed by atoms with Gasteiger partial charge in [-0.15, -0.1) is 0 Å². The van der Waals surface area contributed by atoms with E-state index in [1.807, 2.05) is 0 Å². The van der Waals surface area contributed by atoms with Gasteiger partial charge in [-0.25, -0.2) is 0 Å². The highest BCUT2D eigenvalue weighted by molar-refractivity contribution is 6.74. The maximum absolute atomic E-state index is 6.38. The van der Waals surface area contributed by atoms with Crippen molar-refractivity contribution >= 4 is 15.4 Å². The maximum Gasteiger partial charge on any atom is 0.490 e. The lowest BCUT2D eigenvalue weighted by atomic mass is 9.78. The Bertz CT molecular complexity index is 461. The first-order chi connectivity index (χ1) is 10.3. The molecule has 1 unspecified atom stereocenters. The Kier molecular flexibility index (Phi) is 5.02. The molecule has 0 aromatic rings. The Balaban J connectivity index is 1.95. The van der Waals surface area contributed by atoms with Gasteiger partial charge in [-0.2, -0.15) is 0 Å². The van der Waals surface area contributed by atoms with Crippen LogP contribution in [0.25, 0.3) is 0 Å². The van der Waals surface area contributed by atoms with E-state index in [1.54, 1.807) is 0 Å². The number of allylic oxidation sites excluding steroid dienone is 1. The third kappa shape index (κ3) is 3.94. The monoisotopic (exact) mass is 338 g/mol. The average Bonchev–Trinajstić information content (AvgIpc) is 2.89. The molecule has 1 atom stereocenters. The Labute approximate surface area is 144 Å². The van der Waals surface area contributed by atoms with Crippen LogP contribution in [0.3, 0.4) is 0 Å². The molecule has 132 valence electrons. The fourth-order valence-electron chi connectivity index (χ4n) is 2.68. The molecule has 1 aliphatic heterocycles. The van der Waals surface area contributed by atoms with Crippen LogP contribution in [-0.2, 0) is 13.7 Å². The lowest BCUT2D eigenvalue weighted by Crippen LogP contribution is -2.41. The SMILES string of the molecule is CC1(C)OB(C2=CC(CO[Si](C)(C)C(C)(C)C)CC2)OC1(C)C. The molecule has 2 rings (SSSR count). The predicted octanol–water partition coefficient (Wildman–Crippen LogP) is 4.98. The van der Waals surface area contributed by atoms with Crippen LogP contribution in [-0.4, -0.2) is 33.2 Å². The summed E-state index contributed by atoms with van der Waals surface area (Å²) in [5.74, 6) is 0.498. The zero-order valence-electron chi connectivity index (χ0n) is 16.6. The second-order valence-corrected chi connectivity index (χ2v) is 14.5. The van der Waals surface area contributed by atoms with Crippen LogP contribution in [0, 0.1) is 5.92 Å². The summed E-state index contributed by atoms with van der Waals surface area (Å²) >= 11 is 0. The molecule has 0 aromatic carbocycles. The normalized spacial score (nSPS) is 27.4. The molecule has 5 heteroatoms. The highest BCUT2D eigenvalue weighted by Crippen LogP contribution is 2.42. The summed E-state index contributed by atoms with van der Waals surface area (Å²) in [7, 11) is -1.85. The number of hydrogen-bond acceptors (Lipinski definition) is 3. The molecule has 2 aliphatic rings. The van der Waals surface area contributed by atoms with Crippen LogP contribution in [0.2, 0.25) is 18.1 Å². The zero-order valence-corrected chi connectivity index (χ0v) is 17.6. The van der Waals surface area contributed by atoms with Crippen molar-refractivity contribution in [3.8, 4) is 0 Å². The molecule has 0 aromatic heterocycles. The van der Waals surface area contributed by atoms with Gasteiger partial charge in [0.15, 0.2) is 8.32 Å². The summed E-state index contributed by atoms with van der Waals surface area (Å²) in [6.07, 6.45) is 4.55. The third-order valence-electron chi connectivity index (χ3n) is 6.27. The van der Waals surface area contributed by atoms with E-state index in [0.717, 1.165) is 19.4 Å². The second kappa shape index (κ2) is 6.01. The van der Waals surface area contributed by atoms with Gasteiger partial charge in [0.2, 0.25) is 0 Å². The van der Waals surface area contributed by atoms with Gasteiger partial charge in [-0.1, -0.05) is 26.8 Å². The topological polar surface area (TPSA) is 27.7 Å². The van der Waals surface area contributed by atoms with Crippen LogP contribution < -0.4 is 0 Å². The van der Waals surface area contributed by atoms with Gasteiger partial charge in [0.1, 0.15) is 0 Å². The molecule has 23 heavy (non-hydrogen) atoms. The minimum absolute atomic E-state index is 0.183. The largest absolute Gasteiger partial charge is 0.490 e. The van der Waals surface area contributed by atoms with Gasteiger partial charge in [-0.3, -0.25) is 0 Å². The maximum atomic E-state index is 6.38. The molecule has 0 amide bonds.